The minimum atomic E-state index is -0.383. The molecule has 0 fully saturated rings. The van der Waals surface area contributed by atoms with E-state index >= 15 is 0 Å². The molecule has 0 aliphatic rings. The van der Waals surface area contributed by atoms with Crippen LogP contribution in [0.3, 0.4) is 0 Å². The summed E-state index contributed by atoms with van der Waals surface area (Å²) in [7, 11) is 1.66. The number of rotatable bonds is 4. The van der Waals surface area contributed by atoms with E-state index in [2.05, 4.69) is 57.5 Å². The smallest absolute Gasteiger partial charge is 0.344 e. The molecule has 3 rings (SSSR count). The first kappa shape index (κ1) is 24.1. The highest BCUT2D eigenvalue weighted by Gasteiger charge is 2.30. The summed E-state index contributed by atoms with van der Waals surface area (Å²) in [4.78, 5) is 13.6. The van der Waals surface area contributed by atoms with Crippen molar-refractivity contribution in [2.75, 3.05) is 7.11 Å². The molecule has 0 N–H and O–H groups in total. The van der Waals surface area contributed by atoms with Crippen molar-refractivity contribution < 1.29 is 14.3 Å². The molecule has 0 saturated carbocycles. The fourth-order valence-electron chi connectivity index (χ4n) is 3.68. The van der Waals surface area contributed by atoms with Crippen molar-refractivity contribution in [2.24, 2.45) is 0 Å². The van der Waals surface area contributed by atoms with Crippen LogP contribution >= 0.6 is 15.9 Å². The zero-order valence-corrected chi connectivity index (χ0v) is 21.5. The Bertz CT molecular complexity index is 1080. The molecule has 3 nitrogen and oxygen atoms in total. The van der Waals surface area contributed by atoms with Gasteiger partial charge < -0.3 is 9.47 Å². The van der Waals surface area contributed by atoms with Crippen molar-refractivity contribution in [3.05, 3.63) is 81.8 Å². The van der Waals surface area contributed by atoms with Crippen LogP contribution in [0.4, 0.5) is 0 Å². The summed E-state index contributed by atoms with van der Waals surface area (Å²) in [5.41, 5.74) is 3.67. The lowest BCUT2D eigenvalue weighted by atomic mass is 9.79. The van der Waals surface area contributed by atoms with Crippen LogP contribution in [0.15, 0.2) is 65.1 Å². The number of methoxy groups -OCH3 is 1. The molecule has 0 radical (unpaired) electrons. The lowest BCUT2D eigenvalue weighted by Gasteiger charge is -2.30. The van der Waals surface area contributed by atoms with Gasteiger partial charge in [0.1, 0.15) is 11.5 Å². The van der Waals surface area contributed by atoms with Crippen LogP contribution in [0, 0.1) is 0 Å². The van der Waals surface area contributed by atoms with Crippen LogP contribution in [0.1, 0.15) is 63.0 Å². The first-order valence-electron chi connectivity index (χ1n) is 10.7. The quantitative estimate of drug-likeness (QED) is 0.272. The first-order chi connectivity index (χ1) is 14.9. The Morgan fingerprint density at radius 2 is 1.38 bits per heavy atom. The number of halogens is 1. The second kappa shape index (κ2) is 9.11. The molecule has 0 aliphatic carbocycles. The summed E-state index contributed by atoms with van der Waals surface area (Å²) in [6.07, 6.45) is 0. The fraction of sp³-hybridized carbons (Fsp3) is 0.321. The number of hydrogen-bond acceptors (Lipinski definition) is 3. The Morgan fingerprint density at radius 1 is 0.812 bits per heavy atom. The molecule has 0 saturated heterocycles. The number of carbonyl (C=O) groups is 1. The van der Waals surface area contributed by atoms with Crippen molar-refractivity contribution in [2.45, 2.75) is 52.4 Å². The van der Waals surface area contributed by atoms with Crippen LogP contribution in [0.5, 0.6) is 11.5 Å². The fourth-order valence-corrected chi connectivity index (χ4v) is 4.28. The van der Waals surface area contributed by atoms with Crippen molar-refractivity contribution in [1.82, 2.24) is 0 Å². The second-order valence-corrected chi connectivity index (χ2v) is 10.8. The molecule has 3 aromatic rings. The Morgan fingerprint density at radius 3 is 1.88 bits per heavy atom. The number of carbonyl (C=O) groups excluding carboxylic acids is 1. The van der Waals surface area contributed by atoms with Gasteiger partial charge in [0.05, 0.1) is 12.7 Å². The summed E-state index contributed by atoms with van der Waals surface area (Å²) in [5.74, 6) is 0.980. The maximum atomic E-state index is 13.6. The van der Waals surface area contributed by atoms with Gasteiger partial charge in [-0.2, -0.15) is 0 Å². The lowest BCUT2D eigenvalue weighted by Crippen LogP contribution is -2.22. The van der Waals surface area contributed by atoms with Gasteiger partial charge in [-0.25, -0.2) is 4.79 Å². The van der Waals surface area contributed by atoms with E-state index in [0.717, 1.165) is 32.5 Å². The third kappa shape index (κ3) is 5.07. The Labute approximate surface area is 199 Å². The maximum absolute atomic E-state index is 13.6. The third-order valence-corrected chi connectivity index (χ3v) is 6.07. The number of hydrogen-bond donors (Lipinski definition) is 0. The number of ether oxygens (including phenoxy) is 2. The molecule has 168 valence electrons. The number of esters is 1. The van der Waals surface area contributed by atoms with Crippen molar-refractivity contribution in [3.63, 3.8) is 0 Å². The Hall–Kier alpha value is -2.59. The normalized spacial score (nSPS) is 11.9. The van der Waals surface area contributed by atoms with Gasteiger partial charge in [0.15, 0.2) is 0 Å². The van der Waals surface area contributed by atoms with Crippen LogP contribution in [0.2, 0.25) is 0 Å². The second-order valence-electron chi connectivity index (χ2n) is 9.97. The van der Waals surface area contributed by atoms with Crippen LogP contribution in [0.25, 0.3) is 11.1 Å². The molecular weight excluding hydrogens is 464 g/mol. The van der Waals surface area contributed by atoms with Gasteiger partial charge in [0, 0.05) is 21.2 Å². The van der Waals surface area contributed by atoms with Gasteiger partial charge in [0.25, 0.3) is 0 Å². The van der Waals surface area contributed by atoms with E-state index < -0.39 is 0 Å². The largest absolute Gasteiger partial charge is 0.497 e. The van der Waals surface area contributed by atoms with E-state index in [-0.39, 0.29) is 16.8 Å². The van der Waals surface area contributed by atoms with Gasteiger partial charge in [-0.15, -0.1) is 0 Å². The van der Waals surface area contributed by atoms with E-state index in [0.29, 0.717) is 11.3 Å². The summed E-state index contributed by atoms with van der Waals surface area (Å²) in [6, 6.07) is 19.4. The van der Waals surface area contributed by atoms with E-state index in [1.54, 1.807) is 7.11 Å². The zero-order chi connectivity index (χ0) is 23.7. The molecule has 0 aromatic heterocycles. The van der Waals surface area contributed by atoms with E-state index in [1.165, 1.54) is 0 Å². The monoisotopic (exact) mass is 494 g/mol. The van der Waals surface area contributed by atoms with Gasteiger partial charge in [-0.3, -0.25) is 0 Å². The molecule has 4 heteroatoms. The standard InChI is InChI=1S/C28H31BrO3/c1-27(2,3)21-16-19(31-7)17-22(28(4,5)6)25(21)32-26(30)20-14-11-15-23(29)24(20)18-12-9-8-10-13-18/h8-17H,1-7H3. The van der Waals surface area contributed by atoms with E-state index in [1.807, 2.05) is 60.7 Å². The van der Waals surface area contributed by atoms with Gasteiger partial charge in [-0.1, -0.05) is 93.9 Å². The van der Waals surface area contributed by atoms with Crippen LogP contribution in [-0.4, -0.2) is 13.1 Å². The lowest BCUT2D eigenvalue weighted by molar-refractivity contribution is 0.0729. The minimum absolute atomic E-state index is 0.246. The molecule has 0 bridgehead atoms. The summed E-state index contributed by atoms with van der Waals surface area (Å²) < 4.78 is 12.6. The topological polar surface area (TPSA) is 35.5 Å². The van der Waals surface area contributed by atoms with Gasteiger partial charge >= 0.3 is 5.97 Å². The minimum Gasteiger partial charge on any atom is -0.497 e. The van der Waals surface area contributed by atoms with E-state index in [4.69, 9.17) is 9.47 Å². The molecule has 0 heterocycles. The van der Waals surface area contributed by atoms with Crippen LogP contribution < -0.4 is 9.47 Å². The zero-order valence-electron chi connectivity index (χ0n) is 19.9. The molecule has 0 unspecified atom stereocenters. The van der Waals surface area contributed by atoms with Gasteiger partial charge in [0.2, 0.25) is 0 Å². The average Bonchev–Trinajstić information content (AvgIpc) is 2.72. The SMILES string of the molecule is COc1cc(C(C)(C)C)c(OC(=O)c2cccc(Br)c2-c2ccccc2)c(C(C)(C)C)c1. The maximum Gasteiger partial charge on any atom is 0.344 e. The molecule has 0 aliphatic heterocycles. The average molecular weight is 495 g/mol. The highest BCUT2D eigenvalue weighted by Crippen LogP contribution is 2.43. The first-order valence-corrected chi connectivity index (χ1v) is 11.5. The Balaban J connectivity index is 2.19. The molecule has 0 amide bonds. The molecule has 0 atom stereocenters. The molecular formula is C28H31BrO3. The van der Waals surface area contributed by atoms with Crippen LogP contribution in [-0.2, 0) is 10.8 Å². The van der Waals surface area contributed by atoms with Crippen molar-refractivity contribution in [3.8, 4) is 22.6 Å². The van der Waals surface area contributed by atoms with Gasteiger partial charge in [-0.05, 0) is 40.7 Å². The third-order valence-electron chi connectivity index (χ3n) is 5.40. The molecule has 0 spiro atoms. The summed E-state index contributed by atoms with van der Waals surface area (Å²) >= 11 is 3.62. The highest BCUT2D eigenvalue weighted by molar-refractivity contribution is 9.10. The van der Waals surface area contributed by atoms with Crippen molar-refractivity contribution >= 4 is 21.9 Å². The highest BCUT2D eigenvalue weighted by atomic mass is 79.9. The summed E-state index contributed by atoms with van der Waals surface area (Å²) in [5, 5.41) is 0. The van der Waals surface area contributed by atoms with E-state index in [9.17, 15) is 4.79 Å². The number of benzene rings is 3. The predicted octanol–water partition coefficient (Wildman–Crippen LogP) is 7.94. The van der Waals surface area contributed by atoms with Crippen molar-refractivity contribution in [1.29, 1.82) is 0 Å². The molecule has 3 aromatic carbocycles. The summed E-state index contributed by atoms with van der Waals surface area (Å²) in [6.45, 7) is 12.7. The Kier molecular flexibility index (Phi) is 6.85. The predicted molar refractivity (Wildman–Crippen MR) is 135 cm³/mol. The molecule has 32 heavy (non-hydrogen) atoms.